The minimum atomic E-state index is 0.303. The molecular weight excluding hydrogens is 258 g/mol. The smallest absolute Gasteiger partial charge is 0.223 e. The zero-order valence-electron chi connectivity index (χ0n) is 12.2. The molecule has 1 atom stereocenters. The van der Waals surface area contributed by atoms with E-state index in [1.165, 1.54) is 11.1 Å². The van der Waals surface area contributed by atoms with Crippen LogP contribution in [0.5, 0.6) is 0 Å². The molecule has 0 bridgehead atoms. The van der Waals surface area contributed by atoms with Crippen molar-refractivity contribution in [2.24, 2.45) is 0 Å². The Hall–Kier alpha value is -2.09. The fourth-order valence-electron chi connectivity index (χ4n) is 3.07. The molecule has 1 saturated heterocycles. The molecule has 3 rings (SSSR count). The molecule has 1 fully saturated rings. The monoisotopic (exact) mass is 279 g/mol. The number of benzene rings is 2. The van der Waals surface area contributed by atoms with Crippen LogP contribution in [0.3, 0.4) is 0 Å². The summed E-state index contributed by atoms with van der Waals surface area (Å²) in [7, 11) is 0. The van der Waals surface area contributed by atoms with Crippen molar-refractivity contribution in [1.82, 2.24) is 4.90 Å². The standard InChI is InChI=1S/C19H21NO/c21-19-14-13-18(12-11-16-7-3-1-4-8-16)20(19)15-17-9-5-2-6-10-17/h1-10,18H,11-15H2. The number of carbonyl (C=O) groups excluding carboxylic acids is 1. The molecule has 1 heterocycles. The van der Waals surface area contributed by atoms with Crippen molar-refractivity contribution in [3.05, 3.63) is 71.8 Å². The summed E-state index contributed by atoms with van der Waals surface area (Å²) in [5.74, 6) is 0.303. The average molecular weight is 279 g/mol. The lowest BCUT2D eigenvalue weighted by Gasteiger charge is -2.25. The summed E-state index contributed by atoms with van der Waals surface area (Å²) in [4.78, 5) is 14.2. The maximum atomic E-state index is 12.1. The fourth-order valence-corrected chi connectivity index (χ4v) is 3.07. The normalized spacial score (nSPS) is 18.2. The van der Waals surface area contributed by atoms with Gasteiger partial charge >= 0.3 is 0 Å². The van der Waals surface area contributed by atoms with Gasteiger partial charge in [-0.15, -0.1) is 0 Å². The molecule has 1 aliphatic rings. The SMILES string of the molecule is O=C1CCC(CCc2ccccc2)N1Cc1ccccc1. The lowest BCUT2D eigenvalue weighted by Crippen LogP contribution is -2.32. The van der Waals surface area contributed by atoms with Crippen molar-refractivity contribution in [3.63, 3.8) is 0 Å². The van der Waals surface area contributed by atoms with Crippen LogP contribution >= 0.6 is 0 Å². The van der Waals surface area contributed by atoms with E-state index in [2.05, 4.69) is 41.3 Å². The Kier molecular flexibility index (Phi) is 4.34. The van der Waals surface area contributed by atoms with Gasteiger partial charge in [-0.05, 0) is 30.4 Å². The molecule has 0 saturated carbocycles. The third-order valence-electron chi connectivity index (χ3n) is 4.26. The number of amides is 1. The van der Waals surface area contributed by atoms with E-state index in [1.807, 2.05) is 24.3 Å². The van der Waals surface area contributed by atoms with Crippen molar-refractivity contribution < 1.29 is 4.79 Å². The first kappa shape index (κ1) is 13.9. The highest BCUT2D eigenvalue weighted by Crippen LogP contribution is 2.25. The van der Waals surface area contributed by atoms with Crippen LogP contribution in [0.25, 0.3) is 0 Å². The third kappa shape index (κ3) is 3.52. The van der Waals surface area contributed by atoms with Crippen LogP contribution in [0.15, 0.2) is 60.7 Å². The van der Waals surface area contributed by atoms with E-state index in [9.17, 15) is 4.79 Å². The zero-order chi connectivity index (χ0) is 14.5. The second kappa shape index (κ2) is 6.57. The molecule has 0 N–H and O–H groups in total. The Morgan fingerprint density at radius 3 is 2.19 bits per heavy atom. The molecule has 2 heteroatoms. The summed E-state index contributed by atoms with van der Waals surface area (Å²) in [6.45, 7) is 0.749. The van der Waals surface area contributed by atoms with E-state index in [1.54, 1.807) is 0 Å². The lowest BCUT2D eigenvalue weighted by atomic mass is 10.0. The predicted octanol–water partition coefficient (Wildman–Crippen LogP) is 3.81. The van der Waals surface area contributed by atoms with Gasteiger partial charge in [0.15, 0.2) is 0 Å². The minimum Gasteiger partial charge on any atom is -0.335 e. The number of likely N-dealkylation sites (tertiary alicyclic amines) is 1. The van der Waals surface area contributed by atoms with Gasteiger partial charge in [-0.2, -0.15) is 0 Å². The van der Waals surface area contributed by atoms with Gasteiger partial charge in [-0.25, -0.2) is 0 Å². The molecular formula is C19H21NO. The second-order valence-electron chi connectivity index (χ2n) is 5.72. The van der Waals surface area contributed by atoms with Gasteiger partial charge in [0, 0.05) is 19.0 Å². The van der Waals surface area contributed by atoms with E-state index >= 15 is 0 Å². The summed E-state index contributed by atoms with van der Waals surface area (Å²) in [5.41, 5.74) is 2.58. The number of carbonyl (C=O) groups is 1. The van der Waals surface area contributed by atoms with Gasteiger partial charge in [0.2, 0.25) is 5.91 Å². The molecule has 1 unspecified atom stereocenters. The van der Waals surface area contributed by atoms with E-state index in [0.717, 1.165) is 25.8 Å². The van der Waals surface area contributed by atoms with Crippen LogP contribution in [0.2, 0.25) is 0 Å². The number of rotatable bonds is 5. The Morgan fingerprint density at radius 2 is 1.52 bits per heavy atom. The number of hydrogen-bond acceptors (Lipinski definition) is 1. The maximum Gasteiger partial charge on any atom is 0.223 e. The van der Waals surface area contributed by atoms with Crippen LogP contribution < -0.4 is 0 Å². The van der Waals surface area contributed by atoms with Crippen molar-refractivity contribution >= 4 is 5.91 Å². The van der Waals surface area contributed by atoms with Crippen molar-refractivity contribution in [2.75, 3.05) is 0 Å². The minimum absolute atomic E-state index is 0.303. The lowest BCUT2D eigenvalue weighted by molar-refractivity contribution is -0.129. The molecule has 0 aromatic heterocycles. The molecule has 1 aliphatic heterocycles. The van der Waals surface area contributed by atoms with E-state index in [4.69, 9.17) is 0 Å². The fraction of sp³-hybridized carbons (Fsp3) is 0.316. The highest BCUT2D eigenvalue weighted by atomic mass is 16.2. The molecule has 2 aromatic carbocycles. The molecule has 108 valence electrons. The van der Waals surface area contributed by atoms with Crippen LogP contribution in [0.1, 0.15) is 30.4 Å². The summed E-state index contributed by atoms with van der Waals surface area (Å²) < 4.78 is 0. The van der Waals surface area contributed by atoms with Crippen molar-refractivity contribution in [1.29, 1.82) is 0 Å². The average Bonchev–Trinajstić information content (AvgIpc) is 2.88. The van der Waals surface area contributed by atoms with Crippen LogP contribution in [0.4, 0.5) is 0 Å². The van der Waals surface area contributed by atoms with Crippen molar-refractivity contribution in [3.8, 4) is 0 Å². The first-order valence-corrected chi connectivity index (χ1v) is 7.70. The Bertz CT molecular complexity index is 579. The highest BCUT2D eigenvalue weighted by Gasteiger charge is 2.30. The second-order valence-corrected chi connectivity index (χ2v) is 5.72. The van der Waals surface area contributed by atoms with Gasteiger partial charge in [0.05, 0.1) is 0 Å². The Balaban J connectivity index is 1.62. The molecule has 2 nitrogen and oxygen atoms in total. The quantitative estimate of drug-likeness (QED) is 0.815. The first-order chi connectivity index (χ1) is 10.3. The topological polar surface area (TPSA) is 20.3 Å². The van der Waals surface area contributed by atoms with E-state index in [0.29, 0.717) is 18.4 Å². The van der Waals surface area contributed by atoms with E-state index in [-0.39, 0.29) is 0 Å². The summed E-state index contributed by atoms with van der Waals surface area (Å²) >= 11 is 0. The number of nitrogens with zero attached hydrogens (tertiary/aromatic N) is 1. The summed E-state index contributed by atoms with van der Waals surface area (Å²) in [6, 6.07) is 21.2. The molecule has 0 radical (unpaired) electrons. The van der Waals surface area contributed by atoms with Gasteiger partial charge < -0.3 is 4.90 Å². The van der Waals surface area contributed by atoms with Crippen molar-refractivity contribution in [2.45, 2.75) is 38.3 Å². The van der Waals surface area contributed by atoms with Crippen LogP contribution in [-0.4, -0.2) is 16.8 Å². The van der Waals surface area contributed by atoms with Crippen LogP contribution in [0, 0.1) is 0 Å². The zero-order valence-corrected chi connectivity index (χ0v) is 12.2. The molecule has 0 aliphatic carbocycles. The molecule has 0 spiro atoms. The number of aryl methyl sites for hydroxylation is 1. The predicted molar refractivity (Wildman–Crippen MR) is 84.8 cm³/mol. The summed E-state index contributed by atoms with van der Waals surface area (Å²) in [5, 5.41) is 0. The largest absolute Gasteiger partial charge is 0.335 e. The Morgan fingerprint density at radius 1 is 0.905 bits per heavy atom. The molecule has 21 heavy (non-hydrogen) atoms. The summed E-state index contributed by atoms with van der Waals surface area (Å²) in [6.07, 6.45) is 3.80. The maximum absolute atomic E-state index is 12.1. The highest BCUT2D eigenvalue weighted by molar-refractivity contribution is 5.78. The molecule has 2 aromatic rings. The van der Waals surface area contributed by atoms with Gasteiger partial charge in [-0.3, -0.25) is 4.79 Å². The first-order valence-electron chi connectivity index (χ1n) is 7.70. The third-order valence-corrected chi connectivity index (χ3v) is 4.26. The van der Waals surface area contributed by atoms with E-state index < -0.39 is 0 Å². The van der Waals surface area contributed by atoms with Gasteiger partial charge in [0.1, 0.15) is 0 Å². The Labute approximate surface area is 126 Å². The van der Waals surface area contributed by atoms with Crippen LogP contribution in [-0.2, 0) is 17.8 Å². The van der Waals surface area contributed by atoms with Gasteiger partial charge in [-0.1, -0.05) is 60.7 Å². The number of hydrogen-bond donors (Lipinski definition) is 0. The van der Waals surface area contributed by atoms with Gasteiger partial charge in [0.25, 0.3) is 0 Å². The molecule has 1 amide bonds.